The van der Waals surface area contributed by atoms with Crippen LogP contribution in [0.25, 0.3) is 0 Å². The largest absolute Gasteiger partial charge is 0.465 e. The molecular formula is C15H22N2O2. The first-order chi connectivity index (χ1) is 9.21. The molecule has 2 rings (SSSR count). The number of anilines is 1. The molecule has 0 bridgehead atoms. The number of esters is 1. The van der Waals surface area contributed by atoms with Gasteiger partial charge in [0.15, 0.2) is 0 Å². The van der Waals surface area contributed by atoms with Gasteiger partial charge in [0, 0.05) is 12.7 Å². The summed E-state index contributed by atoms with van der Waals surface area (Å²) in [5, 5.41) is 3.35. The number of ether oxygens (including phenoxy) is 1. The highest BCUT2D eigenvalue weighted by molar-refractivity contribution is 5.94. The van der Waals surface area contributed by atoms with E-state index in [1.54, 1.807) is 18.3 Å². The Bertz CT molecular complexity index is 440. The summed E-state index contributed by atoms with van der Waals surface area (Å²) in [4.78, 5) is 15.9. The van der Waals surface area contributed by atoms with E-state index in [0.29, 0.717) is 16.8 Å². The van der Waals surface area contributed by atoms with Crippen LogP contribution < -0.4 is 5.32 Å². The van der Waals surface area contributed by atoms with Gasteiger partial charge in [-0.05, 0) is 36.8 Å². The van der Waals surface area contributed by atoms with Gasteiger partial charge in [-0.15, -0.1) is 0 Å². The van der Waals surface area contributed by atoms with Crippen LogP contribution in [0, 0.1) is 5.41 Å². The molecule has 104 valence electrons. The van der Waals surface area contributed by atoms with Gasteiger partial charge < -0.3 is 10.1 Å². The summed E-state index contributed by atoms with van der Waals surface area (Å²) in [6, 6.07) is 3.50. The Kier molecular flexibility index (Phi) is 4.40. The maximum atomic E-state index is 11.7. The predicted molar refractivity (Wildman–Crippen MR) is 75.3 cm³/mol. The van der Waals surface area contributed by atoms with Crippen molar-refractivity contribution in [2.45, 2.75) is 39.0 Å². The van der Waals surface area contributed by atoms with Gasteiger partial charge in [-0.1, -0.05) is 19.8 Å². The van der Waals surface area contributed by atoms with Crippen LogP contribution in [-0.2, 0) is 4.74 Å². The van der Waals surface area contributed by atoms with E-state index in [9.17, 15) is 4.79 Å². The summed E-state index contributed by atoms with van der Waals surface area (Å²) in [6.07, 6.45) is 8.00. The number of nitrogens with zero attached hydrogens (tertiary/aromatic N) is 1. The van der Waals surface area contributed by atoms with E-state index in [1.807, 2.05) is 0 Å². The van der Waals surface area contributed by atoms with Crippen LogP contribution in [0.3, 0.4) is 0 Å². The number of hydrogen-bond acceptors (Lipinski definition) is 4. The number of methoxy groups -OCH3 is 1. The van der Waals surface area contributed by atoms with Crippen LogP contribution in [0.2, 0.25) is 0 Å². The molecule has 1 aliphatic rings. The number of hydrogen-bond donors (Lipinski definition) is 1. The third-order valence-corrected chi connectivity index (χ3v) is 4.26. The molecule has 0 atom stereocenters. The summed E-state index contributed by atoms with van der Waals surface area (Å²) in [5.74, 6) is 0.293. The molecule has 4 nitrogen and oxygen atoms in total. The molecule has 1 aliphatic carbocycles. The van der Waals surface area contributed by atoms with Crippen molar-refractivity contribution in [2.75, 3.05) is 19.0 Å². The molecule has 0 saturated heterocycles. The van der Waals surface area contributed by atoms with Gasteiger partial charge in [-0.25, -0.2) is 9.78 Å². The van der Waals surface area contributed by atoms with Gasteiger partial charge in [-0.2, -0.15) is 0 Å². The van der Waals surface area contributed by atoms with E-state index in [0.717, 1.165) is 6.54 Å². The second-order valence-corrected chi connectivity index (χ2v) is 5.31. The molecule has 0 aromatic carbocycles. The van der Waals surface area contributed by atoms with Gasteiger partial charge in [0.05, 0.1) is 7.11 Å². The maximum Gasteiger partial charge on any atom is 0.341 e. The van der Waals surface area contributed by atoms with E-state index >= 15 is 0 Å². The first kappa shape index (κ1) is 13.8. The minimum absolute atomic E-state index is 0.340. The summed E-state index contributed by atoms with van der Waals surface area (Å²) in [5.41, 5.74) is 0.875. The summed E-state index contributed by atoms with van der Waals surface area (Å²) in [7, 11) is 1.39. The number of carbonyl (C=O) groups excluding carboxylic acids is 1. The summed E-state index contributed by atoms with van der Waals surface area (Å²) >= 11 is 0. The molecule has 19 heavy (non-hydrogen) atoms. The Morgan fingerprint density at radius 2 is 2.21 bits per heavy atom. The van der Waals surface area contributed by atoms with Crippen molar-refractivity contribution in [3.05, 3.63) is 23.9 Å². The van der Waals surface area contributed by atoms with E-state index in [4.69, 9.17) is 4.74 Å². The Morgan fingerprint density at radius 1 is 1.47 bits per heavy atom. The molecule has 1 heterocycles. The molecule has 4 heteroatoms. The minimum atomic E-state index is -0.340. The molecule has 0 unspecified atom stereocenters. The zero-order valence-electron chi connectivity index (χ0n) is 11.7. The van der Waals surface area contributed by atoms with Crippen molar-refractivity contribution in [3.8, 4) is 0 Å². The molecule has 0 spiro atoms. The predicted octanol–water partition coefficient (Wildman–Crippen LogP) is 3.25. The van der Waals surface area contributed by atoms with Crippen LogP contribution in [0.15, 0.2) is 18.3 Å². The average molecular weight is 262 g/mol. The average Bonchev–Trinajstić information content (AvgIpc) is 2.94. The summed E-state index contributed by atoms with van der Waals surface area (Å²) < 4.78 is 4.78. The SMILES string of the molecule is CCC1(CNc2ncccc2C(=O)OC)CCCC1. The first-order valence-electron chi connectivity index (χ1n) is 6.98. The van der Waals surface area contributed by atoms with Crippen LogP contribution in [0.4, 0.5) is 5.82 Å². The quantitative estimate of drug-likeness (QED) is 0.828. The monoisotopic (exact) mass is 262 g/mol. The van der Waals surface area contributed by atoms with E-state index in [-0.39, 0.29) is 5.97 Å². The second kappa shape index (κ2) is 6.04. The van der Waals surface area contributed by atoms with Crippen molar-refractivity contribution in [2.24, 2.45) is 5.41 Å². The van der Waals surface area contributed by atoms with Gasteiger partial charge in [-0.3, -0.25) is 0 Å². The highest BCUT2D eigenvalue weighted by Gasteiger charge is 2.32. The first-order valence-corrected chi connectivity index (χ1v) is 6.98. The fraction of sp³-hybridized carbons (Fsp3) is 0.600. The fourth-order valence-corrected chi connectivity index (χ4v) is 2.87. The Balaban J connectivity index is 2.09. The number of nitrogens with one attached hydrogen (secondary N) is 1. The van der Waals surface area contributed by atoms with Crippen molar-refractivity contribution >= 4 is 11.8 Å². The van der Waals surface area contributed by atoms with E-state index in [2.05, 4.69) is 17.2 Å². The Labute approximate surface area is 114 Å². The number of carbonyl (C=O) groups is 1. The maximum absolute atomic E-state index is 11.7. The van der Waals surface area contributed by atoms with Gasteiger partial charge in [0.2, 0.25) is 0 Å². The van der Waals surface area contributed by atoms with Crippen LogP contribution in [0.5, 0.6) is 0 Å². The van der Waals surface area contributed by atoms with Gasteiger partial charge in [0.25, 0.3) is 0 Å². The zero-order valence-corrected chi connectivity index (χ0v) is 11.7. The number of pyridine rings is 1. The van der Waals surface area contributed by atoms with Crippen LogP contribution >= 0.6 is 0 Å². The Hall–Kier alpha value is -1.58. The topological polar surface area (TPSA) is 51.2 Å². The molecule has 1 aromatic rings. The lowest BCUT2D eigenvalue weighted by molar-refractivity contribution is 0.0601. The lowest BCUT2D eigenvalue weighted by Crippen LogP contribution is -2.27. The van der Waals surface area contributed by atoms with Crippen molar-refractivity contribution in [1.82, 2.24) is 4.98 Å². The number of aromatic nitrogens is 1. The van der Waals surface area contributed by atoms with Gasteiger partial charge >= 0.3 is 5.97 Å². The molecule has 0 radical (unpaired) electrons. The van der Waals surface area contributed by atoms with Crippen LogP contribution in [-0.4, -0.2) is 24.6 Å². The molecule has 1 saturated carbocycles. The van der Waals surface area contributed by atoms with Crippen molar-refractivity contribution < 1.29 is 9.53 Å². The number of rotatable bonds is 5. The molecule has 1 N–H and O–H groups in total. The molecule has 1 fully saturated rings. The zero-order chi connectivity index (χ0) is 13.7. The molecule has 0 aliphatic heterocycles. The van der Waals surface area contributed by atoms with Gasteiger partial charge in [0.1, 0.15) is 11.4 Å². The van der Waals surface area contributed by atoms with E-state index in [1.165, 1.54) is 39.2 Å². The molecule has 0 amide bonds. The molecular weight excluding hydrogens is 240 g/mol. The van der Waals surface area contributed by atoms with Crippen molar-refractivity contribution in [3.63, 3.8) is 0 Å². The second-order valence-electron chi connectivity index (χ2n) is 5.31. The highest BCUT2D eigenvalue weighted by Crippen LogP contribution is 2.40. The minimum Gasteiger partial charge on any atom is -0.465 e. The van der Waals surface area contributed by atoms with Crippen molar-refractivity contribution in [1.29, 1.82) is 0 Å². The molecule has 1 aromatic heterocycles. The van der Waals surface area contributed by atoms with E-state index < -0.39 is 0 Å². The normalized spacial score (nSPS) is 17.2. The van der Waals surface area contributed by atoms with Crippen LogP contribution in [0.1, 0.15) is 49.4 Å². The summed E-state index contributed by atoms with van der Waals surface area (Å²) in [6.45, 7) is 3.12. The lowest BCUT2D eigenvalue weighted by Gasteiger charge is -2.28. The lowest BCUT2D eigenvalue weighted by atomic mass is 9.83. The highest BCUT2D eigenvalue weighted by atomic mass is 16.5. The third kappa shape index (κ3) is 3.06. The smallest absolute Gasteiger partial charge is 0.341 e. The Morgan fingerprint density at radius 3 is 2.84 bits per heavy atom. The third-order valence-electron chi connectivity index (χ3n) is 4.26. The standard InChI is InChI=1S/C15H22N2O2/c1-3-15(8-4-5-9-15)11-17-13-12(14(18)19-2)7-6-10-16-13/h6-7,10H,3-5,8-9,11H2,1-2H3,(H,16,17). The fourth-order valence-electron chi connectivity index (χ4n) is 2.87.